The molecule has 0 saturated heterocycles. The van der Waals surface area contributed by atoms with E-state index in [1.807, 2.05) is 36.2 Å². The molecule has 0 aliphatic heterocycles. The van der Waals surface area contributed by atoms with Gasteiger partial charge in [0.25, 0.3) is 0 Å². The molecular formula is C13H13Cl2N3. The molecule has 0 atom stereocenters. The lowest BCUT2D eigenvalue weighted by atomic mass is 10.2. The summed E-state index contributed by atoms with van der Waals surface area (Å²) in [4.78, 5) is 10.6. The van der Waals surface area contributed by atoms with Gasteiger partial charge in [0.15, 0.2) is 0 Å². The Bertz CT molecular complexity index is 497. The van der Waals surface area contributed by atoms with Gasteiger partial charge < -0.3 is 4.90 Å². The van der Waals surface area contributed by atoms with Gasteiger partial charge in [0.2, 0.25) is 0 Å². The number of hydrogen-bond acceptors (Lipinski definition) is 3. The van der Waals surface area contributed by atoms with Crippen molar-refractivity contribution < 1.29 is 0 Å². The van der Waals surface area contributed by atoms with E-state index >= 15 is 0 Å². The highest BCUT2D eigenvalue weighted by molar-refractivity contribution is 6.30. The minimum Gasteiger partial charge on any atom is -0.354 e. The van der Waals surface area contributed by atoms with Crippen LogP contribution in [0.2, 0.25) is 5.02 Å². The van der Waals surface area contributed by atoms with Gasteiger partial charge in [-0.05, 0) is 17.7 Å². The van der Waals surface area contributed by atoms with Crippen LogP contribution in [0.4, 0.5) is 5.82 Å². The number of aromatic nitrogens is 2. The van der Waals surface area contributed by atoms with E-state index in [2.05, 4.69) is 9.97 Å². The summed E-state index contributed by atoms with van der Waals surface area (Å²) in [5, 5.41) is 0.743. The Morgan fingerprint density at radius 1 is 1.11 bits per heavy atom. The van der Waals surface area contributed by atoms with Gasteiger partial charge in [-0.25, -0.2) is 4.98 Å². The summed E-state index contributed by atoms with van der Waals surface area (Å²) >= 11 is 11.5. The predicted molar refractivity (Wildman–Crippen MR) is 75.1 cm³/mol. The van der Waals surface area contributed by atoms with E-state index in [9.17, 15) is 0 Å². The molecule has 18 heavy (non-hydrogen) atoms. The fourth-order valence-corrected chi connectivity index (χ4v) is 1.82. The lowest BCUT2D eigenvalue weighted by Gasteiger charge is -2.17. The second-order valence-electron chi connectivity index (χ2n) is 3.98. The maximum absolute atomic E-state index is 5.85. The zero-order chi connectivity index (χ0) is 13.0. The predicted octanol–water partition coefficient (Wildman–Crippen LogP) is 3.51. The van der Waals surface area contributed by atoms with Gasteiger partial charge in [0, 0.05) is 18.6 Å². The topological polar surface area (TPSA) is 29.0 Å². The van der Waals surface area contributed by atoms with Crippen LogP contribution in [0.15, 0.2) is 36.7 Å². The van der Waals surface area contributed by atoms with Crippen LogP contribution < -0.4 is 4.90 Å². The zero-order valence-electron chi connectivity index (χ0n) is 9.98. The van der Waals surface area contributed by atoms with Gasteiger partial charge in [0.05, 0.1) is 24.0 Å². The molecule has 0 bridgehead atoms. The Morgan fingerprint density at radius 3 is 2.39 bits per heavy atom. The van der Waals surface area contributed by atoms with E-state index < -0.39 is 0 Å². The standard InChI is InChI=1S/C13H13Cl2N3/c1-18(9-10-2-4-11(15)5-3-10)13-8-16-12(6-14)7-17-13/h2-5,7-8H,6,9H2,1H3. The van der Waals surface area contributed by atoms with Crippen LogP contribution in [0, 0.1) is 0 Å². The van der Waals surface area contributed by atoms with Gasteiger partial charge in [-0.15, -0.1) is 11.6 Å². The van der Waals surface area contributed by atoms with Gasteiger partial charge in [-0.2, -0.15) is 0 Å². The van der Waals surface area contributed by atoms with Gasteiger partial charge >= 0.3 is 0 Å². The summed E-state index contributed by atoms with van der Waals surface area (Å²) in [5.74, 6) is 1.20. The molecule has 0 amide bonds. The summed E-state index contributed by atoms with van der Waals surface area (Å²) in [6.45, 7) is 0.756. The van der Waals surface area contributed by atoms with Crippen LogP contribution in [0.25, 0.3) is 0 Å². The summed E-state index contributed by atoms with van der Waals surface area (Å²) in [5.41, 5.74) is 1.95. The Hall–Kier alpha value is -1.32. The lowest BCUT2D eigenvalue weighted by molar-refractivity contribution is 0.884. The smallest absolute Gasteiger partial charge is 0.147 e. The van der Waals surface area contributed by atoms with Crippen LogP contribution >= 0.6 is 23.2 Å². The molecule has 0 aliphatic rings. The van der Waals surface area contributed by atoms with Crippen LogP contribution in [0.3, 0.4) is 0 Å². The van der Waals surface area contributed by atoms with Crippen LogP contribution in [-0.4, -0.2) is 17.0 Å². The fourth-order valence-electron chi connectivity index (χ4n) is 1.56. The molecule has 3 nitrogen and oxygen atoms in total. The molecule has 0 aliphatic carbocycles. The van der Waals surface area contributed by atoms with Gasteiger partial charge in [-0.3, -0.25) is 4.98 Å². The van der Waals surface area contributed by atoms with Crippen molar-refractivity contribution in [1.29, 1.82) is 0 Å². The molecular weight excluding hydrogens is 269 g/mol. The van der Waals surface area contributed by atoms with E-state index in [0.29, 0.717) is 5.88 Å². The van der Waals surface area contributed by atoms with Gasteiger partial charge in [0.1, 0.15) is 5.82 Å². The molecule has 2 rings (SSSR count). The maximum Gasteiger partial charge on any atom is 0.147 e. The highest BCUT2D eigenvalue weighted by atomic mass is 35.5. The number of rotatable bonds is 4. The fraction of sp³-hybridized carbons (Fsp3) is 0.231. The molecule has 0 fully saturated rings. The summed E-state index contributed by atoms with van der Waals surface area (Å²) in [6, 6.07) is 7.76. The van der Waals surface area contributed by atoms with E-state index in [1.54, 1.807) is 12.4 Å². The highest BCUT2D eigenvalue weighted by Gasteiger charge is 2.04. The minimum atomic E-state index is 0.383. The third-order valence-corrected chi connectivity index (χ3v) is 3.08. The highest BCUT2D eigenvalue weighted by Crippen LogP contribution is 2.14. The Kier molecular flexibility index (Phi) is 4.39. The number of halogens is 2. The van der Waals surface area contributed by atoms with Crippen LogP contribution in [0.5, 0.6) is 0 Å². The first-order chi connectivity index (χ1) is 8.69. The molecule has 1 aromatic heterocycles. The monoisotopic (exact) mass is 281 g/mol. The third-order valence-electron chi connectivity index (χ3n) is 2.55. The molecule has 0 N–H and O–H groups in total. The third kappa shape index (κ3) is 3.34. The molecule has 1 heterocycles. The second kappa shape index (κ2) is 6.03. The van der Waals surface area contributed by atoms with Gasteiger partial charge in [-0.1, -0.05) is 23.7 Å². The van der Waals surface area contributed by atoms with Crippen molar-refractivity contribution in [2.45, 2.75) is 12.4 Å². The minimum absolute atomic E-state index is 0.383. The maximum atomic E-state index is 5.85. The second-order valence-corrected chi connectivity index (χ2v) is 4.69. The van der Waals surface area contributed by atoms with E-state index in [-0.39, 0.29) is 0 Å². The number of nitrogens with zero attached hydrogens (tertiary/aromatic N) is 3. The molecule has 2 aromatic rings. The Labute approximate surface area is 116 Å². The lowest BCUT2D eigenvalue weighted by Crippen LogP contribution is -2.17. The quantitative estimate of drug-likeness (QED) is 0.804. The molecule has 1 aromatic carbocycles. The largest absolute Gasteiger partial charge is 0.354 e. The van der Waals surface area contributed by atoms with E-state index in [0.717, 1.165) is 23.1 Å². The SMILES string of the molecule is CN(Cc1ccc(Cl)cc1)c1cnc(CCl)cn1. The normalized spacial score (nSPS) is 10.4. The number of anilines is 1. The average Bonchev–Trinajstić information content (AvgIpc) is 2.41. The molecule has 5 heteroatoms. The Morgan fingerprint density at radius 2 is 1.83 bits per heavy atom. The molecule has 94 valence electrons. The molecule has 0 radical (unpaired) electrons. The Balaban J connectivity index is 2.06. The average molecular weight is 282 g/mol. The summed E-state index contributed by atoms with van der Waals surface area (Å²) < 4.78 is 0. The van der Waals surface area contributed by atoms with Crippen molar-refractivity contribution in [2.24, 2.45) is 0 Å². The number of benzene rings is 1. The van der Waals surface area contributed by atoms with Crippen molar-refractivity contribution >= 4 is 29.0 Å². The molecule has 0 saturated carbocycles. The van der Waals surface area contributed by atoms with Crippen LogP contribution in [0.1, 0.15) is 11.3 Å². The molecule has 0 unspecified atom stereocenters. The summed E-state index contributed by atoms with van der Waals surface area (Å²) in [6.07, 6.45) is 3.42. The van der Waals surface area contributed by atoms with E-state index in [1.165, 1.54) is 5.56 Å². The van der Waals surface area contributed by atoms with Crippen molar-refractivity contribution in [3.63, 3.8) is 0 Å². The first-order valence-corrected chi connectivity index (χ1v) is 6.43. The van der Waals surface area contributed by atoms with Crippen molar-refractivity contribution in [3.8, 4) is 0 Å². The van der Waals surface area contributed by atoms with Crippen molar-refractivity contribution in [3.05, 3.63) is 52.9 Å². The number of hydrogen-bond donors (Lipinski definition) is 0. The number of alkyl halides is 1. The van der Waals surface area contributed by atoms with Crippen molar-refractivity contribution in [2.75, 3.05) is 11.9 Å². The van der Waals surface area contributed by atoms with Crippen LogP contribution in [-0.2, 0) is 12.4 Å². The zero-order valence-corrected chi connectivity index (χ0v) is 11.5. The molecule has 0 spiro atoms. The summed E-state index contributed by atoms with van der Waals surface area (Å²) in [7, 11) is 1.97. The first kappa shape index (κ1) is 13.1. The van der Waals surface area contributed by atoms with Crippen molar-refractivity contribution in [1.82, 2.24) is 9.97 Å². The first-order valence-electron chi connectivity index (χ1n) is 5.51. The van der Waals surface area contributed by atoms with E-state index in [4.69, 9.17) is 23.2 Å².